The largest absolute Gasteiger partial charge is 0.461 e. The van der Waals surface area contributed by atoms with Crippen LogP contribution in [0.25, 0.3) is 11.6 Å². The zero-order chi connectivity index (χ0) is 17.2. The Balaban J connectivity index is 1.35. The first-order valence-electron chi connectivity index (χ1n) is 8.87. The lowest BCUT2D eigenvalue weighted by molar-refractivity contribution is -0.131. The van der Waals surface area contributed by atoms with Crippen LogP contribution in [0.5, 0.6) is 0 Å². The first kappa shape index (κ1) is 16.5. The van der Waals surface area contributed by atoms with Crippen LogP contribution in [0.3, 0.4) is 0 Å². The summed E-state index contributed by atoms with van der Waals surface area (Å²) in [6.07, 6.45) is 7.99. The Labute approximate surface area is 150 Å². The first-order chi connectivity index (χ1) is 12.2. The van der Waals surface area contributed by atoms with Gasteiger partial charge < -0.3 is 15.2 Å². The van der Waals surface area contributed by atoms with Crippen molar-refractivity contribution in [3.8, 4) is 11.6 Å². The number of likely N-dealkylation sites (tertiary alicyclic amines) is 1. The molecule has 2 fully saturated rings. The van der Waals surface area contributed by atoms with Gasteiger partial charge in [-0.25, -0.2) is 4.68 Å². The van der Waals surface area contributed by atoms with Crippen LogP contribution in [0.2, 0.25) is 0 Å². The van der Waals surface area contributed by atoms with Crippen molar-refractivity contribution in [3.63, 3.8) is 0 Å². The van der Waals surface area contributed by atoms with Crippen molar-refractivity contribution in [1.82, 2.24) is 19.8 Å². The number of piperidine rings is 1. The minimum Gasteiger partial charge on any atom is -0.461 e. The Hall–Kier alpha value is -1.96. The molecule has 2 atom stereocenters. The summed E-state index contributed by atoms with van der Waals surface area (Å²) in [5.74, 6) is 9.08. The van der Waals surface area contributed by atoms with Gasteiger partial charge in [-0.3, -0.25) is 4.79 Å². The zero-order valence-electron chi connectivity index (χ0n) is 14.1. The average molecular weight is 361 g/mol. The molecule has 3 heterocycles. The number of amides is 1. The van der Waals surface area contributed by atoms with E-state index in [9.17, 15) is 4.79 Å². The highest BCUT2D eigenvalue weighted by molar-refractivity contribution is 7.99. The summed E-state index contributed by atoms with van der Waals surface area (Å²) in [7, 11) is 0. The van der Waals surface area contributed by atoms with Crippen molar-refractivity contribution in [2.75, 3.05) is 24.7 Å². The van der Waals surface area contributed by atoms with Crippen molar-refractivity contribution in [3.05, 3.63) is 18.4 Å². The van der Waals surface area contributed by atoms with Crippen LogP contribution in [0.1, 0.15) is 32.1 Å². The molecule has 8 heteroatoms. The molecule has 134 valence electrons. The molecule has 2 aromatic rings. The molecule has 1 aliphatic carbocycles. The molecule has 0 spiro atoms. The summed E-state index contributed by atoms with van der Waals surface area (Å²) in [5, 5.41) is 8.65. The number of nitrogens with zero attached hydrogens (tertiary/aromatic N) is 4. The predicted molar refractivity (Wildman–Crippen MR) is 95.2 cm³/mol. The lowest BCUT2D eigenvalue weighted by atomic mass is 9.75. The van der Waals surface area contributed by atoms with E-state index < -0.39 is 0 Å². The van der Waals surface area contributed by atoms with Crippen molar-refractivity contribution < 1.29 is 9.21 Å². The number of hydrogen-bond acceptors (Lipinski definition) is 6. The van der Waals surface area contributed by atoms with E-state index in [0.717, 1.165) is 25.4 Å². The fraction of sp³-hybridized carbons (Fsp3) is 0.588. The molecule has 7 nitrogen and oxygen atoms in total. The summed E-state index contributed by atoms with van der Waals surface area (Å²) in [6.45, 7) is 1.80. The minimum absolute atomic E-state index is 0.163. The van der Waals surface area contributed by atoms with Crippen molar-refractivity contribution in [2.45, 2.75) is 37.3 Å². The van der Waals surface area contributed by atoms with E-state index in [1.165, 1.54) is 42.1 Å². The monoisotopic (exact) mass is 361 g/mol. The standard InChI is InChI=1S/C17H23N5O2S/c18-22-16(14-6-3-9-24-14)19-20-17(22)25-11-15(23)21-8-7-12-4-1-2-5-13(12)10-21/h3,6,9,12-13H,1-2,4-5,7-8,10-11,18H2/t12-,13+/m1/s1. The maximum Gasteiger partial charge on any atom is 0.233 e. The summed E-state index contributed by atoms with van der Waals surface area (Å²) in [4.78, 5) is 14.6. The highest BCUT2D eigenvalue weighted by Gasteiger charge is 2.32. The van der Waals surface area contributed by atoms with Crippen LogP contribution < -0.4 is 5.84 Å². The molecule has 0 bridgehead atoms. The minimum atomic E-state index is 0.163. The third kappa shape index (κ3) is 3.40. The molecular weight excluding hydrogens is 338 g/mol. The molecule has 2 aliphatic rings. The van der Waals surface area contributed by atoms with Gasteiger partial charge >= 0.3 is 0 Å². The van der Waals surface area contributed by atoms with E-state index in [1.54, 1.807) is 18.4 Å². The lowest BCUT2D eigenvalue weighted by Crippen LogP contribution is -2.45. The van der Waals surface area contributed by atoms with Gasteiger partial charge in [-0.05, 0) is 36.8 Å². The van der Waals surface area contributed by atoms with Crippen LogP contribution >= 0.6 is 11.8 Å². The van der Waals surface area contributed by atoms with Gasteiger partial charge in [0.05, 0.1) is 12.0 Å². The molecular formula is C17H23N5O2S. The number of fused-ring (bicyclic) bond motifs is 1. The summed E-state index contributed by atoms with van der Waals surface area (Å²) >= 11 is 1.33. The molecule has 2 N–H and O–H groups in total. The molecule has 0 unspecified atom stereocenters. The molecule has 1 saturated heterocycles. The number of rotatable bonds is 4. The van der Waals surface area contributed by atoms with Gasteiger partial charge in [-0.2, -0.15) is 0 Å². The Morgan fingerprint density at radius 1 is 1.28 bits per heavy atom. The maximum atomic E-state index is 12.6. The van der Waals surface area contributed by atoms with Gasteiger partial charge in [-0.15, -0.1) is 10.2 Å². The normalized spacial score (nSPS) is 23.4. The second kappa shape index (κ2) is 7.11. The highest BCUT2D eigenvalue weighted by atomic mass is 32.2. The van der Waals surface area contributed by atoms with Gasteiger partial charge in [0.1, 0.15) is 0 Å². The van der Waals surface area contributed by atoms with Crippen LogP contribution in [0, 0.1) is 11.8 Å². The Bertz CT molecular complexity index is 729. The van der Waals surface area contributed by atoms with Crippen molar-refractivity contribution >= 4 is 17.7 Å². The number of carbonyl (C=O) groups is 1. The van der Waals surface area contributed by atoms with Crippen molar-refractivity contribution in [2.24, 2.45) is 11.8 Å². The van der Waals surface area contributed by atoms with Crippen LogP contribution in [0.4, 0.5) is 0 Å². The summed E-state index contributed by atoms with van der Waals surface area (Å²) < 4.78 is 6.68. The van der Waals surface area contributed by atoms with Crippen LogP contribution in [0.15, 0.2) is 28.0 Å². The number of thioether (sulfide) groups is 1. The van der Waals surface area contributed by atoms with Gasteiger partial charge in [0.15, 0.2) is 5.76 Å². The van der Waals surface area contributed by atoms with Gasteiger partial charge in [-0.1, -0.05) is 31.0 Å². The predicted octanol–water partition coefficient (Wildman–Crippen LogP) is 2.38. The van der Waals surface area contributed by atoms with E-state index in [0.29, 0.717) is 28.4 Å². The fourth-order valence-electron chi connectivity index (χ4n) is 3.99. The molecule has 0 aromatic carbocycles. The molecule has 1 saturated carbocycles. The van der Waals surface area contributed by atoms with E-state index in [-0.39, 0.29) is 5.91 Å². The smallest absolute Gasteiger partial charge is 0.233 e. The highest BCUT2D eigenvalue weighted by Crippen LogP contribution is 2.36. The fourth-order valence-corrected chi connectivity index (χ4v) is 4.75. The number of furan rings is 1. The quantitative estimate of drug-likeness (QED) is 0.664. The number of carbonyl (C=O) groups excluding carboxylic acids is 1. The van der Waals surface area contributed by atoms with Crippen LogP contribution in [-0.2, 0) is 4.79 Å². The molecule has 4 rings (SSSR count). The topological polar surface area (TPSA) is 90.2 Å². The molecule has 25 heavy (non-hydrogen) atoms. The number of aromatic nitrogens is 3. The molecule has 0 radical (unpaired) electrons. The van der Waals surface area contributed by atoms with Crippen LogP contribution in [-0.4, -0.2) is 44.5 Å². The molecule has 2 aromatic heterocycles. The Morgan fingerprint density at radius 3 is 2.92 bits per heavy atom. The van der Waals surface area contributed by atoms with Gasteiger partial charge in [0, 0.05) is 13.1 Å². The third-order valence-electron chi connectivity index (χ3n) is 5.37. The molecule has 1 aliphatic heterocycles. The number of hydrogen-bond donors (Lipinski definition) is 1. The lowest BCUT2D eigenvalue weighted by Gasteiger charge is -2.41. The van der Waals surface area contributed by atoms with E-state index >= 15 is 0 Å². The maximum absolute atomic E-state index is 12.6. The third-order valence-corrected chi connectivity index (χ3v) is 6.30. The van der Waals surface area contributed by atoms with E-state index in [1.807, 2.05) is 4.90 Å². The second-order valence-corrected chi connectivity index (χ2v) is 7.82. The van der Waals surface area contributed by atoms with Gasteiger partial charge in [0.2, 0.25) is 16.9 Å². The Kier molecular flexibility index (Phi) is 4.70. The number of nitrogens with two attached hydrogens (primary N) is 1. The van der Waals surface area contributed by atoms with E-state index in [4.69, 9.17) is 10.3 Å². The average Bonchev–Trinajstić information content (AvgIpc) is 3.29. The zero-order valence-corrected chi connectivity index (χ0v) is 15.0. The van der Waals surface area contributed by atoms with Crippen molar-refractivity contribution in [1.29, 1.82) is 0 Å². The van der Waals surface area contributed by atoms with E-state index in [2.05, 4.69) is 10.2 Å². The second-order valence-electron chi connectivity index (χ2n) is 6.88. The SMILES string of the molecule is Nn1c(SCC(=O)N2CC[C@H]3CCCC[C@H]3C2)nnc1-c1ccco1. The first-order valence-corrected chi connectivity index (χ1v) is 9.86. The summed E-state index contributed by atoms with van der Waals surface area (Å²) in [6, 6.07) is 3.55. The molecule has 1 amide bonds. The Morgan fingerprint density at radius 2 is 2.12 bits per heavy atom. The summed E-state index contributed by atoms with van der Waals surface area (Å²) in [5.41, 5.74) is 0. The number of nitrogen functional groups attached to an aromatic ring is 1. The van der Waals surface area contributed by atoms with Gasteiger partial charge in [0.25, 0.3) is 0 Å².